The number of anilines is 1. The van der Waals surface area contributed by atoms with Gasteiger partial charge < -0.3 is 10.0 Å². The molecule has 0 aromatic heterocycles. The summed E-state index contributed by atoms with van der Waals surface area (Å²) in [6.07, 6.45) is 0.661. The second kappa shape index (κ2) is 4.52. The molecule has 5 heteroatoms. The summed E-state index contributed by atoms with van der Waals surface area (Å²) in [5, 5.41) is 10.1. The normalized spacial score (nSPS) is 20.1. The molecule has 0 spiro atoms. The predicted octanol–water partition coefficient (Wildman–Crippen LogP) is 2.90. The summed E-state index contributed by atoms with van der Waals surface area (Å²) in [5.41, 5.74) is 0.856. The number of carbonyl (C=O) groups is 1. The molecule has 0 amide bonds. The van der Waals surface area contributed by atoms with Crippen molar-refractivity contribution < 1.29 is 9.90 Å². The molecule has 3 nitrogen and oxygen atoms in total. The van der Waals surface area contributed by atoms with Crippen molar-refractivity contribution in [3.63, 3.8) is 0 Å². The Kier molecular flexibility index (Phi) is 3.26. The molecule has 0 bridgehead atoms. The highest BCUT2D eigenvalue weighted by atomic mass is 35.5. The van der Waals surface area contributed by atoms with Gasteiger partial charge in [0.2, 0.25) is 0 Å². The molecule has 16 heavy (non-hydrogen) atoms. The Labute approximate surface area is 104 Å². The number of benzene rings is 1. The van der Waals surface area contributed by atoms with E-state index < -0.39 is 5.97 Å². The minimum atomic E-state index is -0.743. The quantitative estimate of drug-likeness (QED) is 0.888. The lowest BCUT2D eigenvalue weighted by Crippen LogP contribution is -2.22. The van der Waals surface area contributed by atoms with Crippen LogP contribution < -0.4 is 4.90 Å². The van der Waals surface area contributed by atoms with Crippen LogP contribution in [0, 0.1) is 5.92 Å². The van der Waals surface area contributed by atoms with E-state index in [1.54, 1.807) is 12.1 Å². The third-order valence-electron chi connectivity index (χ3n) is 2.79. The van der Waals surface area contributed by atoms with Gasteiger partial charge in [0.05, 0.1) is 16.6 Å². The molecule has 1 aliphatic heterocycles. The van der Waals surface area contributed by atoms with Crippen molar-refractivity contribution in [2.24, 2.45) is 5.92 Å². The SMILES string of the molecule is O=C(O)C1CCN(c2ccc(Cl)cc2Cl)C1. The van der Waals surface area contributed by atoms with Crippen LogP contribution >= 0.6 is 23.2 Å². The van der Waals surface area contributed by atoms with E-state index in [9.17, 15) is 4.79 Å². The first-order chi connectivity index (χ1) is 7.58. The fourth-order valence-corrected chi connectivity index (χ4v) is 2.45. The fourth-order valence-electron chi connectivity index (χ4n) is 1.92. The highest BCUT2D eigenvalue weighted by Gasteiger charge is 2.28. The van der Waals surface area contributed by atoms with Gasteiger partial charge >= 0.3 is 5.97 Å². The maximum atomic E-state index is 10.8. The van der Waals surface area contributed by atoms with Gasteiger partial charge in [-0.2, -0.15) is 0 Å². The lowest BCUT2D eigenvalue weighted by atomic mass is 10.1. The first kappa shape index (κ1) is 11.6. The molecule has 1 atom stereocenters. The Bertz CT molecular complexity index is 422. The monoisotopic (exact) mass is 259 g/mol. The van der Waals surface area contributed by atoms with Gasteiger partial charge in [-0.05, 0) is 24.6 Å². The average Bonchev–Trinajstić information content (AvgIpc) is 2.66. The molecule has 0 aliphatic carbocycles. The van der Waals surface area contributed by atoms with Crippen molar-refractivity contribution in [3.05, 3.63) is 28.2 Å². The van der Waals surface area contributed by atoms with Gasteiger partial charge in [-0.15, -0.1) is 0 Å². The van der Waals surface area contributed by atoms with Gasteiger partial charge in [-0.3, -0.25) is 4.79 Å². The summed E-state index contributed by atoms with van der Waals surface area (Å²) in [5.74, 6) is -1.04. The van der Waals surface area contributed by atoms with Crippen molar-refractivity contribution >= 4 is 34.9 Å². The Balaban J connectivity index is 2.17. The summed E-state index contributed by atoms with van der Waals surface area (Å²) in [6, 6.07) is 5.26. The maximum absolute atomic E-state index is 10.8. The van der Waals surface area contributed by atoms with Crippen LogP contribution in [0.2, 0.25) is 10.0 Å². The summed E-state index contributed by atoms with van der Waals surface area (Å²) in [7, 11) is 0. The molecule has 1 aromatic rings. The second-order valence-corrected chi connectivity index (χ2v) is 4.71. The van der Waals surface area contributed by atoms with Crippen LogP contribution in [0.25, 0.3) is 0 Å². The molecule has 1 N–H and O–H groups in total. The maximum Gasteiger partial charge on any atom is 0.308 e. The molecule has 1 aliphatic rings. The summed E-state index contributed by atoms with van der Waals surface area (Å²) in [6.45, 7) is 1.23. The molecular formula is C11H11Cl2NO2. The van der Waals surface area contributed by atoms with Crippen LogP contribution in [0.1, 0.15) is 6.42 Å². The van der Waals surface area contributed by atoms with Crippen LogP contribution in [-0.2, 0) is 4.79 Å². The topological polar surface area (TPSA) is 40.5 Å². The van der Waals surface area contributed by atoms with Gasteiger partial charge in [-0.1, -0.05) is 23.2 Å². The number of carboxylic acids is 1. The first-order valence-electron chi connectivity index (χ1n) is 5.00. The molecule has 1 aromatic carbocycles. The van der Waals surface area contributed by atoms with Crippen LogP contribution in [0.5, 0.6) is 0 Å². The van der Waals surface area contributed by atoms with Gasteiger partial charge in [0, 0.05) is 18.1 Å². The highest BCUT2D eigenvalue weighted by Crippen LogP contribution is 2.32. The third kappa shape index (κ3) is 2.25. The molecule has 1 unspecified atom stereocenters. The summed E-state index contributed by atoms with van der Waals surface area (Å²) >= 11 is 11.9. The van der Waals surface area contributed by atoms with E-state index in [0.717, 1.165) is 12.2 Å². The van der Waals surface area contributed by atoms with Crippen LogP contribution in [-0.4, -0.2) is 24.2 Å². The molecule has 1 fully saturated rings. The Morgan fingerprint density at radius 2 is 2.19 bits per heavy atom. The minimum absolute atomic E-state index is 0.299. The number of aliphatic carboxylic acids is 1. The van der Waals surface area contributed by atoms with Crippen molar-refractivity contribution in [1.82, 2.24) is 0 Å². The Morgan fingerprint density at radius 3 is 2.75 bits per heavy atom. The Morgan fingerprint density at radius 1 is 1.44 bits per heavy atom. The van der Waals surface area contributed by atoms with E-state index in [4.69, 9.17) is 28.3 Å². The van der Waals surface area contributed by atoms with E-state index >= 15 is 0 Å². The van der Waals surface area contributed by atoms with Crippen LogP contribution in [0.4, 0.5) is 5.69 Å². The lowest BCUT2D eigenvalue weighted by Gasteiger charge is -2.19. The predicted molar refractivity (Wildman–Crippen MR) is 64.4 cm³/mol. The average molecular weight is 260 g/mol. The molecule has 0 radical (unpaired) electrons. The van der Waals surface area contributed by atoms with Gasteiger partial charge in [0.1, 0.15) is 0 Å². The Hall–Kier alpha value is -0.930. The lowest BCUT2D eigenvalue weighted by molar-refractivity contribution is -0.140. The van der Waals surface area contributed by atoms with E-state index in [-0.39, 0.29) is 5.92 Å². The standard InChI is InChI=1S/C11H11Cl2NO2/c12-8-1-2-10(9(13)5-8)14-4-3-7(6-14)11(15)16/h1-2,5,7H,3-4,6H2,(H,15,16). The molecule has 1 saturated heterocycles. The van der Waals surface area contributed by atoms with Crippen molar-refractivity contribution in [3.8, 4) is 0 Å². The summed E-state index contributed by atoms with van der Waals surface area (Å²) < 4.78 is 0. The van der Waals surface area contributed by atoms with Crippen LogP contribution in [0.3, 0.4) is 0 Å². The number of hydrogen-bond acceptors (Lipinski definition) is 2. The first-order valence-corrected chi connectivity index (χ1v) is 5.76. The number of carboxylic acid groups (broad SMARTS) is 1. The number of halogens is 2. The van der Waals surface area contributed by atoms with Crippen molar-refractivity contribution in [2.45, 2.75) is 6.42 Å². The number of hydrogen-bond donors (Lipinski definition) is 1. The zero-order valence-corrected chi connectivity index (χ0v) is 10.0. The number of rotatable bonds is 2. The van der Waals surface area contributed by atoms with E-state index in [1.807, 2.05) is 11.0 Å². The third-order valence-corrected chi connectivity index (χ3v) is 3.33. The summed E-state index contributed by atoms with van der Waals surface area (Å²) in [4.78, 5) is 12.8. The van der Waals surface area contributed by atoms with Crippen molar-refractivity contribution in [2.75, 3.05) is 18.0 Å². The van der Waals surface area contributed by atoms with E-state index in [2.05, 4.69) is 0 Å². The highest BCUT2D eigenvalue weighted by molar-refractivity contribution is 6.36. The second-order valence-electron chi connectivity index (χ2n) is 3.87. The molecule has 86 valence electrons. The van der Waals surface area contributed by atoms with Gasteiger partial charge in [0.15, 0.2) is 0 Å². The number of nitrogens with zero attached hydrogens (tertiary/aromatic N) is 1. The smallest absolute Gasteiger partial charge is 0.308 e. The molecule has 2 rings (SSSR count). The van der Waals surface area contributed by atoms with Crippen molar-refractivity contribution in [1.29, 1.82) is 0 Å². The minimum Gasteiger partial charge on any atom is -0.481 e. The molecule has 0 saturated carbocycles. The fraction of sp³-hybridized carbons (Fsp3) is 0.364. The van der Waals surface area contributed by atoms with Gasteiger partial charge in [-0.25, -0.2) is 0 Å². The van der Waals surface area contributed by atoms with Gasteiger partial charge in [0.25, 0.3) is 0 Å². The van der Waals surface area contributed by atoms with Crippen LogP contribution in [0.15, 0.2) is 18.2 Å². The largest absolute Gasteiger partial charge is 0.481 e. The zero-order chi connectivity index (χ0) is 11.7. The zero-order valence-electron chi connectivity index (χ0n) is 8.49. The molecule has 1 heterocycles. The molecular weight excluding hydrogens is 249 g/mol. The van der Waals surface area contributed by atoms with E-state index in [0.29, 0.717) is 23.0 Å². The van der Waals surface area contributed by atoms with E-state index in [1.165, 1.54) is 0 Å².